The topological polar surface area (TPSA) is 20.3 Å². The molecule has 1 aliphatic rings. The molecule has 1 rings (SSSR count). The second-order valence-electron chi connectivity index (χ2n) is 3.12. The Morgan fingerprint density at radius 1 is 1.24 bits per heavy atom. The lowest BCUT2D eigenvalue weighted by atomic mass is 9.99. The van der Waals surface area contributed by atoms with Crippen molar-refractivity contribution in [1.29, 1.82) is 0 Å². The predicted octanol–water partition coefficient (Wildman–Crippen LogP) is 3.96. The summed E-state index contributed by atoms with van der Waals surface area (Å²) in [6.45, 7) is 14.4. The number of carbonyl (C=O) groups is 1. The molecule has 0 saturated heterocycles. The summed E-state index contributed by atoms with van der Waals surface area (Å²) in [6, 6.07) is 0. The van der Waals surface area contributed by atoms with Gasteiger partial charge in [-0.05, 0) is 18.9 Å². The van der Waals surface area contributed by atoms with Gasteiger partial charge in [0.25, 0.3) is 5.91 Å². The highest BCUT2D eigenvalue weighted by Gasteiger charge is 2.20. The van der Waals surface area contributed by atoms with Crippen molar-refractivity contribution in [3.63, 3.8) is 0 Å². The Balaban J connectivity index is 0. The fraction of sp³-hybridized carbons (Fsp3) is 0.533. The summed E-state index contributed by atoms with van der Waals surface area (Å²) in [5.41, 5.74) is 1.84. The van der Waals surface area contributed by atoms with Gasteiger partial charge in [-0.15, -0.1) is 0 Å². The van der Waals surface area contributed by atoms with Gasteiger partial charge in [0.15, 0.2) is 0 Å². The number of carbonyl (C=O) groups excluding carboxylic acids is 1. The van der Waals surface area contributed by atoms with Gasteiger partial charge in [0.2, 0.25) is 0 Å². The maximum atomic E-state index is 11.6. The van der Waals surface area contributed by atoms with Crippen molar-refractivity contribution in [1.82, 2.24) is 4.90 Å². The molecular weight excluding hydrogens is 210 g/mol. The van der Waals surface area contributed by atoms with Gasteiger partial charge < -0.3 is 4.90 Å². The SMILES string of the molecule is C=CC1=C(/C=C\C)CCN(C)C1=O.CC.CC. The molecule has 0 spiro atoms. The van der Waals surface area contributed by atoms with Crippen molar-refractivity contribution in [2.75, 3.05) is 13.6 Å². The Kier molecular flexibility index (Phi) is 11.9. The Labute approximate surface area is 107 Å². The van der Waals surface area contributed by atoms with E-state index in [9.17, 15) is 4.79 Å². The van der Waals surface area contributed by atoms with Crippen molar-refractivity contribution in [2.24, 2.45) is 0 Å². The van der Waals surface area contributed by atoms with Crippen LogP contribution in [0.2, 0.25) is 0 Å². The average molecular weight is 237 g/mol. The van der Waals surface area contributed by atoms with E-state index in [1.165, 1.54) is 0 Å². The van der Waals surface area contributed by atoms with E-state index in [2.05, 4.69) is 6.58 Å². The molecule has 0 radical (unpaired) electrons. The van der Waals surface area contributed by atoms with Crippen LogP contribution in [0.4, 0.5) is 0 Å². The molecule has 0 aromatic carbocycles. The van der Waals surface area contributed by atoms with Crippen LogP contribution in [0.3, 0.4) is 0 Å². The zero-order valence-electron chi connectivity index (χ0n) is 12.2. The number of hydrogen-bond acceptors (Lipinski definition) is 1. The van der Waals surface area contributed by atoms with Gasteiger partial charge in [0.1, 0.15) is 0 Å². The molecule has 1 heterocycles. The van der Waals surface area contributed by atoms with Crippen LogP contribution in [0.1, 0.15) is 41.0 Å². The Bertz CT molecular complexity index is 287. The summed E-state index contributed by atoms with van der Waals surface area (Å²) in [5, 5.41) is 0. The average Bonchev–Trinajstić information content (AvgIpc) is 2.39. The largest absolute Gasteiger partial charge is 0.341 e. The molecule has 0 aromatic rings. The fourth-order valence-corrected chi connectivity index (χ4v) is 1.46. The molecule has 0 N–H and O–H groups in total. The summed E-state index contributed by atoms with van der Waals surface area (Å²) in [6.07, 6.45) is 6.51. The first-order valence-corrected chi connectivity index (χ1v) is 6.44. The molecule has 2 nitrogen and oxygen atoms in total. The lowest BCUT2D eigenvalue weighted by molar-refractivity contribution is -0.126. The maximum absolute atomic E-state index is 11.6. The van der Waals surface area contributed by atoms with Crippen LogP contribution in [0.15, 0.2) is 36.0 Å². The molecule has 98 valence electrons. The highest BCUT2D eigenvalue weighted by atomic mass is 16.2. The molecular formula is C15H27NO. The van der Waals surface area contributed by atoms with Crippen LogP contribution < -0.4 is 0 Å². The highest BCUT2D eigenvalue weighted by molar-refractivity contribution is 5.98. The summed E-state index contributed by atoms with van der Waals surface area (Å²) < 4.78 is 0. The number of hydrogen-bond donors (Lipinski definition) is 0. The molecule has 0 aromatic heterocycles. The molecule has 0 unspecified atom stereocenters. The van der Waals surface area contributed by atoms with Crippen molar-refractivity contribution >= 4 is 5.91 Å². The Morgan fingerprint density at radius 3 is 2.18 bits per heavy atom. The van der Waals surface area contributed by atoms with Crippen molar-refractivity contribution < 1.29 is 4.79 Å². The van der Waals surface area contributed by atoms with E-state index < -0.39 is 0 Å². The van der Waals surface area contributed by atoms with Crippen molar-refractivity contribution in [2.45, 2.75) is 41.0 Å². The molecule has 0 atom stereocenters. The van der Waals surface area contributed by atoms with E-state index in [1.807, 2.05) is 53.8 Å². The number of amides is 1. The first kappa shape index (κ1) is 18.1. The van der Waals surface area contributed by atoms with E-state index in [1.54, 1.807) is 11.0 Å². The zero-order valence-corrected chi connectivity index (χ0v) is 12.2. The molecule has 0 bridgehead atoms. The smallest absolute Gasteiger partial charge is 0.253 e. The van der Waals surface area contributed by atoms with E-state index in [0.29, 0.717) is 0 Å². The van der Waals surface area contributed by atoms with Crippen LogP contribution in [-0.4, -0.2) is 24.4 Å². The van der Waals surface area contributed by atoms with E-state index in [-0.39, 0.29) is 5.91 Å². The minimum absolute atomic E-state index is 0.0781. The third-order valence-corrected chi connectivity index (χ3v) is 2.21. The van der Waals surface area contributed by atoms with Gasteiger partial charge >= 0.3 is 0 Å². The molecule has 0 saturated carbocycles. The number of allylic oxidation sites excluding steroid dienone is 2. The number of rotatable bonds is 2. The first-order valence-electron chi connectivity index (χ1n) is 6.44. The minimum Gasteiger partial charge on any atom is -0.341 e. The van der Waals surface area contributed by atoms with Crippen LogP contribution >= 0.6 is 0 Å². The summed E-state index contributed by atoms with van der Waals surface area (Å²) in [4.78, 5) is 13.3. The standard InChI is InChI=1S/C11H15NO.2C2H6/c1-4-6-9-7-8-12(3)11(13)10(9)5-2;2*1-2/h4-6H,2,7-8H2,1,3H3;2*1-2H3/b6-4-;;. The summed E-state index contributed by atoms with van der Waals surface area (Å²) in [7, 11) is 1.82. The fourth-order valence-electron chi connectivity index (χ4n) is 1.46. The van der Waals surface area contributed by atoms with Crippen molar-refractivity contribution in [3.05, 3.63) is 36.0 Å². The number of nitrogens with zero attached hydrogens (tertiary/aromatic N) is 1. The molecule has 2 heteroatoms. The number of likely N-dealkylation sites (N-methyl/N-ethyl adjacent to an activating group) is 1. The summed E-state index contributed by atoms with van der Waals surface area (Å²) >= 11 is 0. The predicted molar refractivity (Wildman–Crippen MR) is 77.0 cm³/mol. The van der Waals surface area contributed by atoms with E-state index >= 15 is 0 Å². The maximum Gasteiger partial charge on any atom is 0.253 e. The van der Waals surface area contributed by atoms with Crippen LogP contribution in [0, 0.1) is 0 Å². The zero-order chi connectivity index (χ0) is 13.8. The van der Waals surface area contributed by atoms with Gasteiger partial charge in [-0.1, -0.05) is 52.5 Å². The van der Waals surface area contributed by atoms with Gasteiger partial charge in [0, 0.05) is 19.2 Å². The quantitative estimate of drug-likeness (QED) is 0.712. The normalized spacial score (nSPS) is 14.9. The van der Waals surface area contributed by atoms with Crippen LogP contribution in [0.25, 0.3) is 0 Å². The Hall–Kier alpha value is -1.31. The van der Waals surface area contributed by atoms with E-state index in [0.717, 1.165) is 24.1 Å². The third-order valence-electron chi connectivity index (χ3n) is 2.21. The lowest BCUT2D eigenvalue weighted by Crippen LogP contribution is -2.33. The summed E-state index contributed by atoms with van der Waals surface area (Å²) in [5.74, 6) is 0.0781. The van der Waals surface area contributed by atoms with E-state index in [4.69, 9.17) is 0 Å². The Morgan fingerprint density at radius 2 is 1.76 bits per heavy atom. The minimum atomic E-state index is 0.0781. The third kappa shape index (κ3) is 5.53. The lowest BCUT2D eigenvalue weighted by Gasteiger charge is -2.24. The molecule has 1 aliphatic heterocycles. The van der Waals surface area contributed by atoms with Crippen LogP contribution in [0.5, 0.6) is 0 Å². The van der Waals surface area contributed by atoms with Crippen LogP contribution in [-0.2, 0) is 4.79 Å². The van der Waals surface area contributed by atoms with Gasteiger partial charge in [-0.3, -0.25) is 4.79 Å². The van der Waals surface area contributed by atoms with Gasteiger partial charge in [-0.2, -0.15) is 0 Å². The van der Waals surface area contributed by atoms with Gasteiger partial charge in [-0.25, -0.2) is 0 Å². The second kappa shape index (κ2) is 11.2. The highest BCUT2D eigenvalue weighted by Crippen LogP contribution is 2.19. The molecule has 0 fully saturated rings. The molecule has 0 aliphatic carbocycles. The molecule has 17 heavy (non-hydrogen) atoms. The monoisotopic (exact) mass is 237 g/mol. The van der Waals surface area contributed by atoms with Gasteiger partial charge in [0.05, 0.1) is 0 Å². The second-order valence-corrected chi connectivity index (χ2v) is 3.12. The van der Waals surface area contributed by atoms with Crippen molar-refractivity contribution in [3.8, 4) is 0 Å². The first-order chi connectivity index (χ1) is 8.20. The molecule has 1 amide bonds.